The Labute approximate surface area is 120 Å². The van der Waals surface area contributed by atoms with Crippen molar-refractivity contribution in [3.05, 3.63) is 64.0 Å². The normalized spacial score (nSPS) is 11.2. The molecule has 0 spiro atoms. The summed E-state index contributed by atoms with van der Waals surface area (Å²) < 4.78 is 1.83. The van der Waals surface area contributed by atoms with E-state index in [1.54, 1.807) is 6.92 Å². The number of aryl methyl sites for hydroxylation is 1. The van der Waals surface area contributed by atoms with Crippen LogP contribution in [0.5, 0.6) is 0 Å². The summed E-state index contributed by atoms with van der Waals surface area (Å²) in [6.07, 6.45) is 1.84. The lowest BCUT2D eigenvalue weighted by atomic mass is 10.2. The molecule has 2 rings (SSSR count). The lowest BCUT2D eigenvalue weighted by molar-refractivity contribution is -0.384. The Kier molecular flexibility index (Phi) is 4.13. The molecule has 0 fully saturated rings. The van der Waals surface area contributed by atoms with E-state index in [0.717, 1.165) is 11.8 Å². The Morgan fingerprint density at radius 1 is 1.33 bits per heavy atom. The number of oxime groups is 1. The van der Waals surface area contributed by atoms with Gasteiger partial charge in [-0.1, -0.05) is 11.2 Å². The molecule has 0 atom stereocenters. The fourth-order valence-corrected chi connectivity index (χ4v) is 1.79. The Morgan fingerprint density at radius 2 is 2.10 bits per heavy atom. The molecule has 0 saturated heterocycles. The highest BCUT2D eigenvalue weighted by atomic mass is 16.7. The van der Waals surface area contributed by atoms with Crippen LogP contribution in [-0.2, 0) is 11.9 Å². The van der Waals surface area contributed by atoms with E-state index in [2.05, 4.69) is 5.16 Å². The van der Waals surface area contributed by atoms with Crippen LogP contribution in [0.3, 0.4) is 0 Å². The van der Waals surface area contributed by atoms with Crippen LogP contribution in [-0.4, -0.2) is 21.2 Å². The number of non-ortho nitro benzene ring substituents is 1. The maximum atomic E-state index is 11.8. The van der Waals surface area contributed by atoms with Gasteiger partial charge in [0, 0.05) is 25.4 Å². The van der Waals surface area contributed by atoms with Crippen LogP contribution in [0.2, 0.25) is 0 Å². The van der Waals surface area contributed by atoms with E-state index in [9.17, 15) is 14.9 Å². The predicted octanol–water partition coefficient (Wildman–Crippen LogP) is 2.51. The quantitative estimate of drug-likeness (QED) is 0.374. The van der Waals surface area contributed by atoms with E-state index in [1.807, 2.05) is 29.9 Å². The summed E-state index contributed by atoms with van der Waals surface area (Å²) >= 11 is 0. The van der Waals surface area contributed by atoms with Crippen molar-refractivity contribution in [3.63, 3.8) is 0 Å². The summed E-state index contributed by atoms with van der Waals surface area (Å²) in [4.78, 5) is 26.7. The topological polar surface area (TPSA) is 86.7 Å². The van der Waals surface area contributed by atoms with Crippen molar-refractivity contribution < 1.29 is 14.6 Å². The smallest absolute Gasteiger partial charge is 0.349 e. The largest absolute Gasteiger partial charge is 0.365 e. The van der Waals surface area contributed by atoms with E-state index >= 15 is 0 Å². The zero-order valence-corrected chi connectivity index (χ0v) is 11.5. The third kappa shape index (κ3) is 3.33. The van der Waals surface area contributed by atoms with Crippen LogP contribution >= 0.6 is 0 Å². The Bertz CT molecular complexity index is 719. The number of benzene rings is 1. The maximum absolute atomic E-state index is 11.8. The number of carbonyl (C=O) groups is 1. The summed E-state index contributed by atoms with van der Waals surface area (Å²) in [5.41, 5.74) is 1.24. The highest BCUT2D eigenvalue weighted by Gasteiger charge is 2.13. The van der Waals surface area contributed by atoms with Crippen molar-refractivity contribution in [1.82, 2.24) is 4.57 Å². The fraction of sp³-hybridized carbons (Fsp3) is 0.143. The summed E-state index contributed by atoms with van der Waals surface area (Å²) in [7, 11) is 1.84. The molecule has 0 aliphatic heterocycles. The van der Waals surface area contributed by atoms with Crippen molar-refractivity contribution in [2.24, 2.45) is 12.2 Å². The summed E-state index contributed by atoms with van der Waals surface area (Å²) in [5.74, 6) is -0.743. The number of hydrogen-bond donors (Lipinski definition) is 0. The number of aromatic nitrogens is 1. The molecule has 0 amide bonds. The first-order valence-corrected chi connectivity index (χ1v) is 6.11. The number of hydrogen-bond acceptors (Lipinski definition) is 5. The molecule has 0 aliphatic rings. The van der Waals surface area contributed by atoms with Gasteiger partial charge in [0.1, 0.15) is 5.71 Å². The summed E-state index contributed by atoms with van der Waals surface area (Å²) in [6.45, 7) is 1.70. The number of nitrogens with zero attached hydrogens (tertiary/aromatic N) is 3. The van der Waals surface area contributed by atoms with E-state index in [-0.39, 0.29) is 11.3 Å². The monoisotopic (exact) mass is 287 g/mol. The molecular formula is C14H13N3O4. The predicted molar refractivity (Wildman–Crippen MR) is 76.1 cm³/mol. The molecule has 1 heterocycles. The standard InChI is InChI=1S/C14H13N3O4/c1-10(13-7-4-8-16(13)2)15-21-14(18)11-5-3-6-12(9-11)17(19)20/h3-9H,1-2H3/b15-10+. The SMILES string of the molecule is C/C(=N\OC(=O)c1cccc([N+](=O)[O-])c1)c1cccn1C. The molecule has 21 heavy (non-hydrogen) atoms. The minimum absolute atomic E-state index is 0.0765. The van der Waals surface area contributed by atoms with Crippen LogP contribution in [0.15, 0.2) is 47.8 Å². The summed E-state index contributed by atoms with van der Waals surface area (Å²) in [6, 6.07) is 8.98. The maximum Gasteiger partial charge on any atom is 0.365 e. The number of nitro groups is 1. The molecule has 108 valence electrons. The number of nitro benzene ring substituents is 1. The van der Waals surface area contributed by atoms with Gasteiger partial charge in [0.25, 0.3) is 5.69 Å². The minimum Gasteiger partial charge on any atom is -0.349 e. The molecular weight excluding hydrogens is 274 g/mol. The first-order chi connectivity index (χ1) is 9.99. The van der Waals surface area contributed by atoms with Crippen molar-refractivity contribution in [1.29, 1.82) is 0 Å². The van der Waals surface area contributed by atoms with Crippen LogP contribution in [0.25, 0.3) is 0 Å². The minimum atomic E-state index is -0.743. The van der Waals surface area contributed by atoms with Gasteiger partial charge in [0.15, 0.2) is 0 Å². The van der Waals surface area contributed by atoms with Crippen LogP contribution in [0.1, 0.15) is 23.0 Å². The lowest BCUT2D eigenvalue weighted by Gasteiger charge is -2.02. The fourth-order valence-electron chi connectivity index (χ4n) is 1.79. The van der Waals surface area contributed by atoms with Gasteiger partial charge in [0.05, 0.1) is 16.2 Å². The molecule has 0 aliphatic carbocycles. The second-order valence-electron chi connectivity index (χ2n) is 4.37. The van der Waals surface area contributed by atoms with E-state index in [4.69, 9.17) is 4.84 Å². The molecule has 2 aromatic rings. The van der Waals surface area contributed by atoms with Crippen LogP contribution in [0, 0.1) is 10.1 Å². The van der Waals surface area contributed by atoms with Gasteiger partial charge in [-0.25, -0.2) is 4.79 Å². The van der Waals surface area contributed by atoms with Crippen LogP contribution < -0.4 is 0 Å². The van der Waals surface area contributed by atoms with Gasteiger partial charge in [-0.3, -0.25) is 10.1 Å². The van der Waals surface area contributed by atoms with Gasteiger partial charge in [0.2, 0.25) is 0 Å². The molecule has 7 heteroatoms. The third-order valence-corrected chi connectivity index (χ3v) is 2.87. The van der Waals surface area contributed by atoms with Gasteiger partial charge in [-0.15, -0.1) is 0 Å². The van der Waals surface area contributed by atoms with E-state index in [1.165, 1.54) is 18.2 Å². The summed E-state index contributed by atoms with van der Waals surface area (Å²) in [5, 5.41) is 14.4. The third-order valence-electron chi connectivity index (χ3n) is 2.87. The molecule has 1 aromatic heterocycles. The Hall–Kier alpha value is -2.96. The Morgan fingerprint density at radius 3 is 2.71 bits per heavy atom. The second kappa shape index (κ2) is 6.00. The van der Waals surface area contributed by atoms with Crippen LogP contribution in [0.4, 0.5) is 5.69 Å². The number of carbonyl (C=O) groups excluding carboxylic acids is 1. The zero-order chi connectivity index (χ0) is 15.4. The van der Waals surface area contributed by atoms with E-state index in [0.29, 0.717) is 5.71 Å². The lowest BCUT2D eigenvalue weighted by Crippen LogP contribution is -2.07. The first-order valence-electron chi connectivity index (χ1n) is 6.11. The van der Waals surface area contributed by atoms with Gasteiger partial charge >= 0.3 is 5.97 Å². The van der Waals surface area contributed by atoms with E-state index < -0.39 is 10.9 Å². The number of rotatable bonds is 4. The van der Waals surface area contributed by atoms with Crippen molar-refractivity contribution in [3.8, 4) is 0 Å². The highest BCUT2D eigenvalue weighted by molar-refractivity contribution is 5.98. The van der Waals surface area contributed by atoms with Crippen molar-refractivity contribution in [2.45, 2.75) is 6.92 Å². The molecule has 7 nitrogen and oxygen atoms in total. The average Bonchev–Trinajstić information content (AvgIpc) is 2.90. The molecule has 0 unspecified atom stereocenters. The molecule has 0 radical (unpaired) electrons. The van der Waals surface area contributed by atoms with Gasteiger partial charge < -0.3 is 9.40 Å². The molecule has 1 aromatic carbocycles. The van der Waals surface area contributed by atoms with Gasteiger partial charge in [-0.2, -0.15) is 0 Å². The molecule has 0 saturated carbocycles. The van der Waals surface area contributed by atoms with Crippen molar-refractivity contribution >= 4 is 17.4 Å². The van der Waals surface area contributed by atoms with Gasteiger partial charge in [-0.05, 0) is 25.1 Å². The Balaban J connectivity index is 2.13. The average molecular weight is 287 g/mol. The first kappa shape index (κ1) is 14.4. The second-order valence-corrected chi connectivity index (χ2v) is 4.37. The molecule has 0 bridgehead atoms. The molecule has 0 N–H and O–H groups in total. The highest BCUT2D eigenvalue weighted by Crippen LogP contribution is 2.14. The van der Waals surface area contributed by atoms with Crippen molar-refractivity contribution in [2.75, 3.05) is 0 Å². The zero-order valence-electron chi connectivity index (χ0n) is 11.5.